The van der Waals surface area contributed by atoms with Gasteiger partial charge in [-0.2, -0.15) is 0 Å². The van der Waals surface area contributed by atoms with Crippen LogP contribution in [0.2, 0.25) is 0 Å². The number of allylic oxidation sites excluding steroid dienone is 8. The molecule has 0 aliphatic rings. The summed E-state index contributed by atoms with van der Waals surface area (Å²) < 4.78 is 16.8. The molecule has 0 amide bonds. The molecule has 0 radical (unpaired) electrons. The summed E-state index contributed by atoms with van der Waals surface area (Å²) in [4.78, 5) is 38.0. The maximum atomic E-state index is 12.8. The van der Waals surface area contributed by atoms with E-state index in [9.17, 15) is 14.4 Å². The predicted molar refractivity (Wildman–Crippen MR) is 265 cm³/mol. The predicted octanol–water partition coefficient (Wildman–Crippen LogP) is 17.5. The van der Waals surface area contributed by atoms with Gasteiger partial charge in [-0.1, -0.05) is 243 Å². The Hall–Kier alpha value is -2.63. The molecule has 0 fully saturated rings. The van der Waals surface area contributed by atoms with E-state index in [-0.39, 0.29) is 31.1 Å². The smallest absolute Gasteiger partial charge is 0.306 e. The summed E-state index contributed by atoms with van der Waals surface area (Å²) in [6.07, 6.45) is 60.9. The zero-order valence-corrected chi connectivity index (χ0v) is 41.1. The molecule has 0 aromatic carbocycles. The van der Waals surface area contributed by atoms with E-state index in [1.54, 1.807) is 0 Å². The van der Waals surface area contributed by atoms with Crippen molar-refractivity contribution in [1.29, 1.82) is 0 Å². The molecule has 1 unspecified atom stereocenters. The summed E-state index contributed by atoms with van der Waals surface area (Å²) in [6.45, 7) is 6.53. The number of ether oxygens (including phenoxy) is 3. The second kappa shape index (κ2) is 51.0. The fourth-order valence-corrected chi connectivity index (χ4v) is 7.61. The van der Waals surface area contributed by atoms with E-state index < -0.39 is 6.10 Å². The quantitative estimate of drug-likeness (QED) is 0.0262. The largest absolute Gasteiger partial charge is 0.462 e. The standard InChI is InChI=1S/C56H100O6/c1-4-7-10-13-16-19-22-24-26-27-28-29-30-32-34-37-40-43-46-49-55(58)61-52-53(51-60-54(57)48-45-42-39-36-33-21-18-15-12-9-6-3)62-56(59)50-47-44-41-38-35-31-25-23-20-17-14-11-8-5-2/h7,10,16,19,24,26,28-29,53H,4-6,8-9,11-15,17-18,20-23,25,27,30-52H2,1-3H3/b10-7-,19-16-,26-24-,29-28-. The van der Waals surface area contributed by atoms with Crippen LogP contribution in [0.25, 0.3) is 0 Å². The van der Waals surface area contributed by atoms with Crippen LogP contribution in [0.15, 0.2) is 48.6 Å². The van der Waals surface area contributed by atoms with E-state index in [0.29, 0.717) is 19.3 Å². The fourth-order valence-electron chi connectivity index (χ4n) is 7.61. The lowest BCUT2D eigenvalue weighted by molar-refractivity contribution is -0.167. The lowest BCUT2D eigenvalue weighted by atomic mass is 10.0. The Morgan fingerprint density at radius 2 is 0.629 bits per heavy atom. The molecule has 360 valence electrons. The van der Waals surface area contributed by atoms with Gasteiger partial charge in [0, 0.05) is 19.3 Å². The van der Waals surface area contributed by atoms with Gasteiger partial charge in [-0.15, -0.1) is 0 Å². The van der Waals surface area contributed by atoms with Crippen molar-refractivity contribution in [3.8, 4) is 0 Å². The Labute approximate surface area is 384 Å². The number of carbonyl (C=O) groups excluding carboxylic acids is 3. The molecule has 0 heterocycles. The van der Waals surface area contributed by atoms with Crippen molar-refractivity contribution in [1.82, 2.24) is 0 Å². The van der Waals surface area contributed by atoms with Crippen LogP contribution in [0.4, 0.5) is 0 Å². The first-order chi connectivity index (χ1) is 30.5. The number of esters is 3. The van der Waals surface area contributed by atoms with Crippen LogP contribution >= 0.6 is 0 Å². The third-order valence-corrected chi connectivity index (χ3v) is 11.6. The minimum atomic E-state index is -0.774. The fraction of sp³-hybridized carbons (Fsp3) is 0.804. The van der Waals surface area contributed by atoms with Gasteiger partial charge >= 0.3 is 17.9 Å². The van der Waals surface area contributed by atoms with Crippen molar-refractivity contribution in [2.24, 2.45) is 0 Å². The highest BCUT2D eigenvalue weighted by atomic mass is 16.6. The average molecular weight is 869 g/mol. The highest BCUT2D eigenvalue weighted by Crippen LogP contribution is 2.16. The number of hydrogen-bond acceptors (Lipinski definition) is 6. The number of carbonyl (C=O) groups is 3. The van der Waals surface area contributed by atoms with E-state index in [1.165, 1.54) is 141 Å². The van der Waals surface area contributed by atoms with Crippen molar-refractivity contribution >= 4 is 17.9 Å². The molecular weight excluding hydrogens is 769 g/mol. The van der Waals surface area contributed by atoms with E-state index >= 15 is 0 Å². The monoisotopic (exact) mass is 869 g/mol. The Morgan fingerprint density at radius 3 is 0.984 bits per heavy atom. The maximum absolute atomic E-state index is 12.8. The van der Waals surface area contributed by atoms with Crippen molar-refractivity contribution in [2.75, 3.05) is 13.2 Å². The number of unbranched alkanes of at least 4 members (excludes halogenated alkanes) is 29. The summed E-state index contributed by atoms with van der Waals surface area (Å²) in [5.41, 5.74) is 0. The number of rotatable bonds is 48. The molecular formula is C56H100O6. The second-order valence-electron chi connectivity index (χ2n) is 17.8. The first-order valence-corrected chi connectivity index (χ1v) is 26.6. The average Bonchev–Trinajstić information content (AvgIpc) is 3.27. The third kappa shape index (κ3) is 48.4. The molecule has 0 aliphatic carbocycles. The van der Waals surface area contributed by atoms with Gasteiger partial charge < -0.3 is 14.2 Å². The molecule has 6 nitrogen and oxygen atoms in total. The second-order valence-corrected chi connectivity index (χ2v) is 17.8. The molecule has 0 N–H and O–H groups in total. The van der Waals surface area contributed by atoms with E-state index in [4.69, 9.17) is 14.2 Å². The van der Waals surface area contributed by atoms with Crippen LogP contribution in [0.5, 0.6) is 0 Å². The first-order valence-electron chi connectivity index (χ1n) is 26.6. The normalized spacial score (nSPS) is 12.4. The molecule has 0 rings (SSSR count). The van der Waals surface area contributed by atoms with Gasteiger partial charge in [0.25, 0.3) is 0 Å². The molecule has 0 bridgehead atoms. The van der Waals surface area contributed by atoms with Crippen LogP contribution in [-0.2, 0) is 28.6 Å². The molecule has 6 heteroatoms. The lowest BCUT2D eigenvalue weighted by Gasteiger charge is -2.18. The minimum Gasteiger partial charge on any atom is -0.462 e. The summed E-state index contributed by atoms with van der Waals surface area (Å²) in [6, 6.07) is 0. The SMILES string of the molecule is CC/C=C\C/C=C\C/C=C\C/C=C\CCCCCCCCC(=O)OCC(COC(=O)CCCCCCCCCCCCC)OC(=O)CCCCCCCCCCCCCCCC. The Kier molecular flexibility index (Phi) is 48.8. The molecule has 0 saturated carbocycles. The molecule has 0 aromatic rings. The Balaban J connectivity index is 4.34. The van der Waals surface area contributed by atoms with Crippen LogP contribution in [-0.4, -0.2) is 37.2 Å². The number of hydrogen-bond donors (Lipinski definition) is 0. The van der Waals surface area contributed by atoms with Crippen molar-refractivity contribution in [3.63, 3.8) is 0 Å². The topological polar surface area (TPSA) is 78.9 Å². The lowest BCUT2D eigenvalue weighted by Crippen LogP contribution is -2.30. The van der Waals surface area contributed by atoms with Gasteiger partial charge in [0.15, 0.2) is 6.10 Å². The molecule has 0 spiro atoms. The maximum Gasteiger partial charge on any atom is 0.306 e. The van der Waals surface area contributed by atoms with Gasteiger partial charge in [0.2, 0.25) is 0 Å². The Bertz CT molecular complexity index is 1090. The first kappa shape index (κ1) is 59.4. The van der Waals surface area contributed by atoms with Crippen molar-refractivity contribution < 1.29 is 28.6 Å². The van der Waals surface area contributed by atoms with Gasteiger partial charge in [-0.25, -0.2) is 0 Å². The van der Waals surface area contributed by atoms with Crippen LogP contribution in [0.1, 0.15) is 271 Å². The van der Waals surface area contributed by atoms with E-state index in [2.05, 4.69) is 69.4 Å². The summed E-state index contributed by atoms with van der Waals surface area (Å²) in [7, 11) is 0. The van der Waals surface area contributed by atoms with E-state index in [0.717, 1.165) is 89.9 Å². The third-order valence-electron chi connectivity index (χ3n) is 11.6. The molecule has 0 aromatic heterocycles. The van der Waals surface area contributed by atoms with Gasteiger partial charge in [-0.3, -0.25) is 14.4 Å². The van der Waals surface area contributed by atoms with Crippen LogP contribution in [0.3, 0.4) is 0 Å². The highest BCUT2D eigenvalue weighted by Gasteiger charge is 2.19. The summed E-state index contributed by atoms with van der Waals surface area (Å²) in [5, 5.41) is 0. The molecule has 0 saturated heterocycles. The van der Waals surface area contributed by atoms with Crippen molar-refractivity contribution in [3.05, 3.63) is 48.6 Å². The zero-order chi connectivity index (χ0) is 45.1. The Morgan fingerprint density at radius 1 is 0.339 bits per heavy atom. The van der Waals surface area contributed by atoms with Gasteiger partial charge in [0.1, 0.15) is 13.2 Å². The zero-order valence-electron chi connectivity index (χ0n) is 41.1. The summed E-state index contributed by atoms with van der Waals surface area (Å²) in [5.74, 6) is -0.878. The van der Waals surface area contributed by atoms with Crippen LogP contribution < -0.4 is 0 Å². The van der Waals surface area contributed by atoms with Crippen LogP contribution in [0, 0.1) is 0 Å². The molecule has 62 heavy (non-hydrogen) atoms. The molecule has 1 atom stereocenters. The van der Waals surface area contributed by atoms with E-state index in [1.807, 2.05) is 0 Å². The van der Waals surface area contributed by atoms with Gasteiger partial charge in [0.05, 0.1) is 0 Å². The highest BCUT2D eigenvalue weighted by molar-refractivity contribution is 5.71. The van der Waals surface area contributed by atoms with Gasteiger partial charge in [-0.05, 0) is 57.8 Å². The minimum absolute atomic E-state index is 0.0739. The van der Waals surface area contributed by atoms with Crippen molar-refractivity contribution in [2.45, 2.75) is 277 Å². The summed E-state index contributed by atoms with van der Waals surface area (Å²) >= 11 is 0. The molecule has 0 aliphatic heterocycles.